The van der Waals surface area contributed by atoms with Crippen LogP contribution in [0, 0.1) is 6.92 Å². The minimum Gasteiger partial charge on any atom is -0.343 e. The van der Waals surface area contributed by atoms with E-state index in [0.29, 0.717) is 0 Å². The van der Waals surface area contributed by atoms with E-state index in [-0.39, 0.29) is 6.04 Å². The maximum absolute atomic E-state index is 6.07. The number of fused-ring (bicyclic) bond motifs is 1. The molecule has 0 saturated heterocycles. The summed E-state index contributed by atoms with van der Waals surface area (Å²) in [6.07, 6.45) is 4.49. The molecule has 4 rings (SSSR count). The fourth-order valence-corrected chi connectivity index (χ4v) is 4.31. The molecular formula is C21H20BrClN4. The van der Waals surface area contributed by atoms with E-state index >= 15 is 0 Å². The molecule has 4 nitrogen and oxygen atoms in total. The molecule has 0 saturated carbocycles. The predicted molar refractivity (Wildman–Crippen MR) is 113 cm³/mol. The molecule has 0 spiro atoms. The first-order valence-corrected chi connectivity index (χ1v) is 10.1. The maximum Gasteiger partial charge on any atom is 0.0979 e. The Morgan fingerprint density at radius 1 is 1.15 bits per heavy atom. The average molecular weight is 444 g/mol. The highest BCUT2D eigenvalue weighted by atomic mass is 79.9. The minimum atomic E-state index is 0.0554. The van der Waals surface area contributed by atoms with Crippen LogP contribution in [0.15, 0.2) is 59.3 Å². The van der Waals surface area contributed by atoms with Gasteiger partial charge in [0.25, 0.3) is 0 Å². The largest absolute Gasteiger partial charge is 0.343 e. The Bertz CT molecular complexity index is 1070. The molecule has 0 aliphatic heterocycles. The predicted octanol–water partition coefficient (Wildman–Crippen LogP) is 5.81. The Morgan fingerprint density at radius 3 is 2.59 bits per heavy atom. The third kappa shape index (κ3) is 3.42. The van der Waals surface area contributed by atoms with Crippen molar-refractivity contribution in [1.29, 1.82) is 0 Å². The van der Waals surface area contributed by atoms with Crippen molar-refractivity contribution < 1.29 is 0 Å². The van der Waals surface area contributed by atoms with Gasteiger partial charge in [-0.05, 0) is 55.3 Å². The molecule has 138 valence electrons. The first-order valence-electron chi connectivity index (χ1n) is 8.97. The first-order chi connectivity index (χ1) is 13.1. The van der Waals surface area contributed by atoms with Gasteiger partial charge >= 0.3 is 0 Å². The monoisotopic (exact) mass is 442 g/mol. The smallest absolute Gasteiger partial charge is 0.0979 e. The zero-order valence-electron chi connectivity index (χ0n) is 15.2. The van der Waals surface area contributed by atoms with Crippen molar-refractivity contribution in [2.24, 2.45) is 0 Å². The molecule has 0 N–H and O–H groups in total. The summed E-state index contributed by atoms with van der Waals surface area (Å²) in [6.45, 7) is 5.28. The summed E-state index contributed by atoms with van der Waals surface area (Å²) in [4.78, 5) is 0. The van der Waals surface area contributed by atoms with Gasteiger partial charge in [0.2, 0.25) is 0 Å². The minimum absolute atomic E-state index is 0.0554. The van der Waals surface area contributed by atoms with E-state index in [4.69, 9.17) is 11.6 Å². The second-order valence-electron chi connectivity index (χ2n) is 6.65. The van der Waals surface area contributed by atoms with Gasteiger partial charge in [-0.1, -0.05) is 44.9 Å². The van der Waals surface area contributed by atoms with E-state index < -0.39 is 0 Å². The van der Waals surface area contributed by atoms with Crippen LogP contribution in [0.2, 0.25) is 5.02 Å². The van der Waals surface area contributed by atoms with Crippen molar-refractivity contribution in [3.8, 4) is 0 Å². The highest BCUT2D eigenvalue weighted by molar-refractivity contribution is 9.10. The van der Waals surface area contributed by atoms with Crippen LogP contribution in [-0.2, 0) is 13.0 Å². The fraction of sp³-hybridized carbons (Fsp3) is 0.238. The van der Waals surface area contributed by atoms with Gasteiger partial charge in [0.05, 0.1) is 12.2 Å². The number of aryl methyl sites for hydroxylation is 2. The van der Waals surface area contributed by atoms with Crippen molar-refractivity contribution in [2.45, 2.75) is 32.9 Å². The Morgan fingerprint density at radius 2 is 1.93 bits per heavy atom. The highest BCUT2D eigenvalue weighted by Gasteiger charge is 2.24. The Balaban J connectivity index is 1.90. The Labute approximate surface area is 171 Å². The number of hydrogen-bond acceptors (Lipinski definition) is 2. The first kappa shape index (κ1) is 18.3. The van der Waals surface area contributed by atoms with E-state index in [1.807, 2.05) is 23.0 Å². The molecule has 6 heteroatoms. The quantitative estimate of drug-likeness (QED) is 0.390. The molecule has 0 aliphatic carbocycles. The number of halogens is 2. The number of nitrogens with zero attached hydrogens (tertiary/aromatic N) is 4. The molecule has 27 heavy (non-hydrogen) atoms. The lowest BCUT2D eigenvalue weighted by Crippen LogP contribution is -2.19. The van der Waals surface area contributed by atoms with Crippen LogP contribution >= 0.6 is 27.5 Å². The molecule has 2 aromatic carbocycles. The maximum atomic E-state index is 6.07. The summed E-state index contributed by atoms with van der Waals surface area (Å²) in [5, 5.41) is 10.4. The van der Waals surface area contributed by atoms with Gasteiger partial charge in [-0.3, -0.25) is 0 Å². The fourth-order valence-electron chi connectivity index (χ4n) is 3.83. The number of hydrogen-bond donors (Lipinski definition) is 0. The molecule has 4 aromatic rings. The van der Waals surface area contributed by atoms with Crippen LogP contribution < -0.4 is 0 Å². The summed E-state index contributed by atoms with van der Waals surface area (Å²) < 4.78 is 5.43. The van der Waals surface area contributed by atoms with Gasteiger partial charge in [-0.2, -0.15) is 0 Å². The molecule has 0 aliphatic rings. The van der Waals surface area contributed by atoms with Crippen LogP contribution in [0.4, 0.5) is 0 Å². The molecule has 0 bridgehead atoms. The average Bonchev–Trinajstić information content (AvgIpc) is 3.28. The summed E-state index contributed by atoms with van der Waals surface area (Å²) in [7, 11) is 0. The van der Waals surface area contributed by atoms with Crippen molar-refractivity contribution in [1.82, 2.24) is 19.6 Å². The topological polar surface area (TPSA) is 35.6 Å². The summed E-state index contributed by atoms with van der Waals surface area (Å²) >= 11 is 9.68. The molecule has 0 radical (unpaired) electrons. The zero-order chi connectivity index (χ0) is 19.0. The van der Waals surface area contributed by atoms with E-state index in [2.05, 4.69) is 75.0 Å². The van der Waals surface area contributed by atoms with Crippen LogP contribution in [0.3, 0.4) is 0 Å². The lowest BCUT2D eigenvalue weighted by molar-refractivity contribution is 0.473. The lowest BCUT2D eigenvalue weighted by atomic mass is 10.00. The standard InChI is InChI=1S/C21H20BrClN4/c1-3-26-19-9-6-16(22)13-18(19)14(2)21(26)20(27-11-10-24-25-27)12-15-4-7-17(23)8-5-15/h4-11,13,20H,3,12H2,1-2H3. The van der Waals surface area contributed by atoms with Crippen molar-refractivity contribution in [3.05, 3.63) is 81.2 Å². The van der Waals surface area contributed by atoms with Crippen LogP contribution in [0.25, 0.3) is 10.9 Å². The Kier molecular flexibility index (Phi) is 5.06. The van der Waals surface area contributed by atoms with Gasteiger partial charge in [-0.15, -0.1) is 5.10 Å². The summed E-state index contributed by atoms with van der Waals surface area (Å²) in [5.41, 5.74) is 5.01. The molecule has 2 aromatic heterocycles. The number of rotatable bonds is 5. The van der Waals surface area contributed by atoms with Crippen LogP contribution in [0.1, 0.15) is 29.8 Å². The second kappa shape index (κ2) is 7.49. The van der Waals surface area contributed by atoms with Gasteiger partial charge in [0.15, 0.2) is 0 Å². The molecule has 0 amide bonds. The van der Waals surface area contributed by atoms with E-state index in [9.17, 15) is 0 Å². The van der Waals surface area contributed by atoms with Crippen LogP contribution in [0.5, 0.6) is 0 Å². The SMILES string of the molecule is CCn1c(C(Cc2ccc(Cl)cc2)n2ccnn2)c(C)c2cc(Br)ccc21. The van der Waals surface area contributed by atoms with Gasteiger partial charge in [0.1, 0.15) is 0 Å². The lowest BCUT2D eigenvalue weighted by Gasteiger charge is -2.21. The van der Waals surface area contributed by atoms with E-state index in [0.717, 1.165) is 22.5 Å². The highest BCUT2D eigenvalue weighted by Crippen LogP contribution is 2.34. The van der Waals surface area contributed by atoms with Crippen molar-refractivity contribution in [2.75, 3.05) is 0 Å². The number of aromatic nitrogens is 4. The van der Waals surface area contributed by atoms with Crippen LogP contribution in [-0.4, -0.2) is 19.6 Å². The third-order valence-corrected chi connectivity index (χ3v) is 5.81. The molecular weight excluding hydrogens is 424 g/mol. The van der Waals surface area contributed by atoms with E-state index in [1.165, 1.54) is 27.7 Å². The van der Waals surface area contributed by atoms with Crippen molar-refractivity contribution in [3.63, 3.8) is 0 Å². The Hall–Kier alpha value is -2.11. The molecule has 2 heterocycles. The van der Waals surface area contributed by atoms with Gasteiger partial charge in [-0.25, -0.2) is 4.68 Å². The van der Waals surface area contributed by atoms with Gasteiger partial charge in [0, 0.05) is 45.3 Å². The molecule has 0 fully saturated rings. The normalized spacial score (nSPS) is 12.6. The summed E-state index contributed by atoms with van der Waals surface area (Å²) in [5.74, 6) is 0. The van der Waals surface area contributed by atoms with Crippen molar-refractivity contribution >= 4 is 38.4 Å². The molecule has 1 unspecified atom stereocenters. The molecule has 1 atom stereocenters. The second-order valence-corrected chi connectivity index (χ2v) is 8.00. The zero-order valence-corrected chi connectivity index (χ0v) is 17.6. The summed E-state index contributed by atoms with van der Waals surface area (Å²) in [6, 6.07) is 14.6. The number of benzene rings is 2. The van der Waals surface area contributed by atoms with Gasteiger partial charge < -0.3 is 4.57 Å². The third-order valence-electron chi connectivity index (χ3n) is 5.06. The van der Waals surface area contributed by atoms with E-state index in [1.54, 1.807) is 6.20 Å².